The van der Waals surface area contributed by atoms with Crippen molar-refractivity contribution < 1.29 is 22.4 Å². The number of alkyl halides is 3. The third-order valence-corrected chi connectivity index (χ3v) is 4.66. The molecule has 0 radical (unpaired) electrons. The molecule has 2 heterocycles. The number of carbonyl (C=O) groups is 1. The summed E-state index contributed by atoms with van der Waals surface area (Å²) in [6.45, 7) is 0.246. The Morgan fingerprint density at radius 3 is 2.71 bits per heavy atom. The molecule has 0 unspecified atom stereocenters. The van der Waals surface area contributed by atoms with E-state index in [-0.39, 0.29) is 18.1 Å². The lowest BCUT2D eigenvalue weighted by atomic mass is 10.2. The highest BCUT2D eigenvalue weighted by Gasteiger charge is 2.33. The van der Waals surface area contributed by atoms with Crippen molar-refractivity contribution >= 4 is 17.7 Å². The zero-order chi connectivity index (χ0) is 20.1. The molecular weight excluding hydrogens is 395 g/mol. The average Bonchev–Trinajstić information content (AvgIpc) is 3.30. The maximum absolute atomic E-state index is 12.9. The van der Waals surface area contributed by atoms with Crippen molar-refractivity contribution in [3.8, 4) is 5.69 Å². The number of halogens is 3. The van der Waals surface area contributed by atoms with Crippen molar-refractivity contribution in [3.05, 3.63) is 54.0 Å². The molecule has 3 rings (SSSR count). The Kier molecular flexibility index (Phi) is 6.02. The van der Waals surface area contributed by atoms with Gasteiger partial charge in [0.15, 0.2) is 0 Å². The van der Waals surface area contributed by atoms with E-state index >= 15 is 0 Å². The number of nitrogens with zero attached hydrogens (tertiary/aromatic N) is 5. The Morgan fingerprint density at radius 1 is 1.25 bits per heavy atom. The van der Waals surface area contributed by atoms with E-state index in [2.05, 4.69) is 15.5 Å². The molecule has 1 aromatic carbocycles. The second-order valence-corrected chi connectivity index (χ2v) is 6.84. The molecule has 0 aliphatic rings. The van der Waals surface area contributed by atoms with E-state index in [9.17, 15) is 18.0 Å². The Labute approximate surface area is 162 Å². The lowest BCUT2D eigenvalue weighted by molar-refractivity contribution is -0.161. The van der Waals surface area contributed by atoms with E-state index < -0.39 is 18.6 Å². The van der Waals surface area contributed by atoms with Crippen LogP contribution in [-0.2, 0) is 11.3 Å². The quantitative estimate of drug-likeness (QED) is 0.556. The van der Waals surface area contributed by atoms with E-state index in [1.165, 1.54) is 17.0 Å². The van der Waals surface area contributed by atoms with Crippen LogP contribution in [0.4, 0.5) is 13.2 Å². The Hall–Kier alpha value is -2.82. The number of hydrogen-bond acceptors (Lipinski definition) is 6. The third-order valence-electron chi connectivity index (χ3n) is 3.76. The van der Waals surface area contributed by atoms with Crippen LogP contribution in [0.2, 0.25) is 0 Å². The summed E-state index contributed by atoms with van der Waals surface area (Å²) in [5.74, 6) is -0.673. The van der Waals surface area contributed by atoms with Crippen molar-refractivity contribution in [1.29, 1.82) is 0 Å². The molecule has 0 bridgehead atoms. The summed E-state index contributed by atoms with van der Waals surface area (Å²) in [5.41, 5.74) is 1.64. The molecular formula is C17H16F3N5O2S. The number of aromatic nitrogens is 4. The number of aryl methyl sites for hydroxylation is 1. The summed E-state index contributed by atoms with van der Waals surface area (Å²) in [7, 11) is 0. The van der Waals surface area contributed by atoms with Crippen LogP contribution < -0.4 is 0 Å². The van der Waals surface area contributed by atoms with Gasteiger partial charge in [0.1, 0.15) is 12.3 Å². The first-order valence-electron chi connectivity index (χ1n) is 8.17. The molecule has 0 atom stereocenters. The molecule has 148 valence electrons. The minimum atomic E-state index is -4.52. The van der Waals surface area contributed by atoms with Gasteiger partial charge in [0.2, 0.25) is 11.1 Å². The summed E-state index contributed by atoms with van der Waals surface area (Å²) in [5, 5.41) is 11.7. The van der Waals surface area contributed by atoms with E-state index in [1.807, 2.05) is 31.2 Å². The second kappa shape index (κ2) is 8.46. The average molecular weight is 411 g/mol. The summed E-state index contributed by atoms with van der Waals surface area (Å²) in [4.78, 5) is 13.1. The largest absolute Gasteiger partial charge is 0.467 e. The van der Waals surface area contributed by atoms with Gasteiger partial charge in [0.05, 0.1) is 24.2 Å². The first kappa shape index (κ1) is 19.9. The van der Waals surface area contributed by atoms with Gasteiger partial charge in [-0.3, -0.25) is 4.79 Å². The molecule has 0 spiro atoms. The van der Waals surface area contributed by atoms with E-state index in [0.717, 1.165) is 23.0 Å². The van der Waals surface area contributed by atoms with Gasteiger partial charge in [-0.1, -0.05) is 30.0 Å². The van der Waals surface area contributed by atoms with Crippen LogP contribution in [0, 0.1) is 6.92 Å². The number of amides is 1. The van der Waals surface area contributed by atoms with E-state index in [1.54, 1.807) is 6.07 Å². The van der Waals surface area contributed by atoms with Gasteiger partial charge < -0.3 is 9.32 Å². The highest BCUT2D eigenvalue weighted by Crippen LogP contribution is 2.23. The van der Waals surface area contributed by atoms with Crippen LogP contribution in [0.25, 0.3) is 5.69 Å². The van der Waals surface area contributed by atoms with Gasteiger partial charge in [-0.2, -0.15) is 17.9 Å². The van der Waals surface area contributed by atoms with Crippen LogP contribution in [0.1, 0.15) is 11.3 Å². The van der Waals surface area contributed by atoms with E-state index in [0.29, 0.717) is 10.1 Å². The van der Waals surface area contributed by atoms with Crippen LogP contribution in [0.3, 0.4) is 0 Å². The second-order valence-electron chi connectivity index (χ2n) is 5.89. The maximum atomic E-state index is 12.9. The normalized spacial score (nSPS) is 11.6. The Morgan fingerprint density at radius 2 is 2.04 bits per heavy atom. The first-order chi connectivity index (χ1) is 13.3. The van der Waals surface area contributed by atoms with Crippen LogP contribution in [0.15, 0.2) is 52.2 Å². The molecule has 7 nitrogen and oxygen atoms in total. The number of thioether (sulfide) groups is 1. The van der Waals surface area contributed by atoms with Crippen LogP contribution in [-0.4, -0.2) is 49.5 Å². The Balaban J connectivity index is 1.71. The number of rotatable bonds is 7. The predicted octanol–water partition coefficient (Wildman–Crippen LogP) is 3.25. The van der Waals surface area contributed by atoms with Crippen molar-refractivity contribution in [1.82, 2.24) is 25.1 Å². The molecule has 28 heavy (non-hydrogen) atoms. The van der Waals surface area contributed by atoms with Gasteiger partial charge in [-0.15, -0.1) is 5.10 Å². The fraction of sp³-hybridized carbons (Fsp3) is 0.294. The van der Waals surface area contributed by atoms with Crippen molar-refractivity contribution in [2.24, 2.45) is 0 Å². The van der Waals surface area contributed by atoms with Crippen LogP contribution in [0.5, 0.6) is 0 Å². The highest BCUT2D eigenvalue weighted by molar-refractivity contribution is 7.99. The Bertz CT molecular complexity index is 927. The number of hydrogen-bond donors (Lipinski definition) is 0. The summed E-state index contributed by atoms with van der Waals surface area (Å²) >= 11 is 0.970. The molecule has 0 fully saturated rings. The minimum absolute atomic E-state index is 0.247. The lowest BCUT2D eigenvalue weighted by Gasteiger charge is -2.22. The minimum Gasteiger partial charge on any atom is -0.467 e. The smallest absolute Gasteiger partial charge is 0.406 e. The zero-order valence-corrected chi connectivity index (χ0v) is 15.6. The van der Waals surface area contributed by atoms with Gasteiger partial charge in [-0.25, -0.2) is 0 Å². The lowest BCUT2D eigenvalue weighted by Crippen LogP contribution is -2.39. The van der Waals surface area contributed by atoms with Crippen molar-refractivity contribution in [2.45, 2.75) is 24.8 Å². The van der Waals surface area contributed by atoms with Gasteiger partial charge in [-0.05, 0) is 41.1 Å². The van der Waals surface area contributed by atoms with Gasteiger partial charge in [0.25, 0.3) is 0 Å². The monoisotopic (exact) mass is 411 g/mol. The zero-order valence-electron chi connectivity index (χ0n) is 14.8. The van der Waals surface area contributed by atoms with Crippen LogP contribution >= 0.6 is 11.8 Å². The summed E-state index contributed by atoms with van der Waals surface area (Å²) in [6.07, 6.45) is -3.17. The topological polar surface area (TPSA) is 77.1 Å². The fourth-order valence-corrected chi connectivity index (χ4v) is 3.26. The van der Waals surface area contributed by atoms with E-state index in [4.69, 9.17) is 4.42 Å². The van der Waals surface area contributed by atoms with Gasteiger partial charge >= 0.3 is 6.18 Å². The molecule has 2 aromatic heterocycles. The van der Waals surface area contributed by atoms with Crippen molar-refractivity contribution in [2.75, 3.05) is 12.3 Å². The summed E-state index contributed by atoms with van der Waals surface area (Å²) in [6, 6.07) is 10.4. The number of benzene rings is 1. The summed E-state index contributed by atoms with van der Waals surface area (Å²) < 4.78 is 45.1. The molecule has 0 N–H and O–H groups in total. The molecule has 0 aliphatic carbocycles. The fourth-order valence-electron chi connectivity index (χ4n) is 2.48. The maximum Gasteiger partial charge on any atom is 0.406 e. The SMILES string of the molecule is Cc1ccccc1-n1nnnc1SCC(=O)N(Cc1ccco1)CC(F)(F)F. The number of para-hydroxylation sites is 1. The molecule has 0 saturated carbocycles. The van der Waals surface area contributed by atoms with Crippen molar-refractivity contribution in [3.63, 3.8) is 0 Å². The number of furan rings is 1. The molecule has 0 aliphatic heterocycles. The highest BCUT2D eigenvalue weighted by atomic mass is 32.2. The molecule has 11 heteroatoms. The third kappa shape index (κ3) is 5.12. The standard InChI is InChI=1S/C17H16F3N5O2S/c1-12-5-2-3-7-14(12)25-16(21-22-23-25)28-10-15(26)24(11-17(18,19)20)9-13-6-4-8-27-13/h2-8H,9-11H2,1H3. The number of carbonyl (C=O) groups excluding carboxylic acids is 1. The van der Waals surface area contributed by atoms with Gasteiger partial charge in [0, 0.05) is 0 Å². The predicted molar refractivity (Wildman–Crippen MR) is 94.8 cm³/mol. The first-order valence-corrected chi connectivity index (χ1v) is 9.16. The molecule has 0 saturated heterocycles. The molecule has 1 amide bonds. The molecule has 3 aromatic rings. The number of tetrazole rings is 1.